The van der Waals surface area contributed by atoms with Crippen LogP contribution in [0.4, 0.5) is 5.69 Å². The summed E-state index contributed by atoms with van der Waals surface area (Å²) in [5.74, 6) is 1.74. The Bertz CT molecular complexity index is 500. The highest BCUT2D eigenvalue weighted by Crippen LogP contribution is 2.36. The lowest BCUT2D eigenvalue weighted by molar-refractivity contribution is 0.171. The summed E-state index contributed by atoms with van der Waals surface area (Å²) in [4.78, 5) is 2.50. The molecule has 2 heterocycles. The number of nitrogens with zero attached hydrogens (tertiary/aromatic N) is 1. The average Bonchev–Trinajstić information content (AvgIpc) is 2.55. The third kappa shape index (κ3) is 2.69. The number of hydrogen-bond acceptors (Lipinski definition) is 4. The summed E-state index contributed by atoms with van der Waals surface area (Å²) in [5, 5.41) is 3.75. The van der Waals surface area contributed by atoms with Gasteiger partial charge in [-0.05, 0) is 31.9 Å². The van der Waals surface area contributed by atoms with Gasteiger partial charge in [0, 0.05) is 36.4 Å². The van der Waals surface area contributed by atoms with Crippen LogP contribution in [0.1, 0.15) is 33.6 Å². The molecule has 1 aromatic rings. The number of piperazine rings is 1. The van der Waals surface area contributed by atoms with Crippen molar-refractivity contribution in [2.75, 3.05) is 31.2 Å². The molecule has 0 aliphatic carbocycles. The molecule has 4 heteroatoms. The number of rotatable bonds is 3. The first kappa shape index (κ1) is 14.5. The highest BCUT2D eigenvalue weighted by molar-refractivity contribution is 5.58. The van der Waals surface area contributed by atoms with E-state index in [0.717, 1.165) is 37.4 Å². The highest BCUT2D eigenvalue weighted by atomic mass is 16.6. The maximum Gasteiger partial charge on any atom is 0.163 e. The van der Waals surface area contributed by atoms with E-state index in [2.05, 4.69) is 43.1 Å². The quantitative estimate of drug-likeness (QED) is 0.928. The zero-order chi connectivity index (χ0) is 14.9. The van der Waals surface area contributed by atoms with Crippen LogP contribution in [0.5, 0.6) is 11.5 Å². The van der Waals surface area contributed by atoms with E-state index in [4.69, 9.17) is 9.47 Å². The molecule has 0 aromatic heterocycles. The summed E-state index contributed by atoms with van der Waals surface area (Å²) < 4.78 is 11.3. The Morgan fingerprint density at radius 3 is 2.62 bits per heavy atom. The molecule has 0 saturated carbocycles. The van der Waals surface area contributed by atoms with Crippen LogP contribution in [0.15, 0.2) is 18.2 Å². The lowest BCUT2D eigenvalue weighted by Crippen LogP contribution is -2.63. The van der Waals surface area contributed by atoms with Gasteiger partial charge >= 0.3 is 0 Å². The molecule has 1 fully saturated rings. The summed E-state index contributed by atoms with van der Waals surface area (Å²) >= 11 is 0. The van der Waals surface area contributed by atoms with Crippen LogP contribution in [-0.4, -0.2) is 37.9 Å². The Labute approximate surface area is 127 Å². The minimum absolute atomic E-state index is 0.222. The second-order valence-electron chi connectivity index (χ2n) is 6.17. The third-order valence-corrected chi connectivity index (χ3v) is 4.99. The van der Waals surface area contributed by atoms with Crippen molar-refractivity contribution in [1.29, 1.82) is 0 Å². The van der Waals surface area contributed by atoms with E-state index >= 15 is 0 Å². The largest absolute Gasteiger partial charge is 0.486 e. The number of hydrogen-bond donors (Lipinski definition) is 1. The zero-order valence-corrected chi connectivity index (χ0v) is 13.3. The lowest BCUT2D eigenvalue weighted by atomic mass is 9.88. The lowest BCUT2D eigenvalue weighted by Gasteiger charge is -2.47. The standard InChI is InChI=1S/C17H26N2O2/c1-4-17(5-2)12-19(13(3)11-18-17)14-6-7-15-16(10-14)21-9-8-20-15/h6-7,10,13,18H,4-5,8-9,11-12H2,1-3H3. The summed E-state index contributed by atoms with van der Waals surface area (Å²) in [6.45, 7) is 10.2. The van der Waals surface area contributed by atoms with Gasteiger partial charge in [0.25, 0.3) is 0 Å². The number of benzene rings is 1. The summed E-state index contributed by atoms with van der Waals surface area (Å²) in [5.41, 5.74) is 1.46. The van der Waals surface area contributed by atoms with Crippen molar-refractivity contribution in [2.24, 2.45) is 0 Å². The van der Waals surface area contributed by atoms with E-state index < -0.39 is 0 Å². The fraction of sp³-hybridized carbons (Fsp3) is 0.647. The molecule has 0 amide bonds. The minimum atomic E-state index is 0.222. The molecule has 116 valence electrons. The van der Waals surface area contributed by atoms with Gasteiger partial charge < -0.3 is 19.7 Å². The monoisotopic (exact) mass is 290 g/mol. The topological polar surface area (TPSA) is 33.7 Å². The first-order chi connectivity index (χ1) is 10.2. The predicted molar refractivity (Wildman–Crippen MR) is 85.6 cm³/mol. The molecule has 0 bridgehead atoms. The number of anilines is 1. The summed E-state index contributed by atoms with van der Waals surface area (Å²) in [7, 11) is 0. The van der Waals surface area contributed by atoms with E-state index in [1.54, 1.807) is 0 Å². The predicted octanol–water partition coefficient (Wildman–Crippen LogP) is 2.81. The first-order valence-corrected chi connectivity index (χ1v) is 8.09. The zero-order valence-electron chi connectivity index (χ0n) is 13.3. The van der Waals surface area contributed by atoms with Gasteiger partial charge in [0.15, 0.2) is 11.5 Å². The second-order valence-corrected chi connectivity index (χ2v) is 6.17. The Balaban J connectivity index is 1.87. The Kier molecular flexibility index (Phi) is 3.98. The summed E-state index contributed by atoms with van der Waals surface area (Å²) in [6, 6.07) is 6.81. The Morgan fingerprint density at radius 2 is 1.90 bits per heavy atom. The van der Waals surface area contributed by atoms with Gasteiger partial charge in [-0.3, -0.25) is 0 Å². The summed E-state index contributed by atoms with van der Waals surface area (Å²) in [6.07, 6.45) is 2.30. The van der Waals surface area contributed by atoms with E-state index in [0.29, 0.717) is 19.3 Å². The molecule has 1 atom stereocenters. The van der Waals surface area contributed by atoms with Crippen LogP contribution >= 0.6 is 0 Å². The van der Waals surface area contributed by atoms with Gasteiger partial charge in [-0.15, -0.1) is 0 Å². The SMILES string of the molecule is CCC1(CC)CN(c2ccc3c(c2)OCCO3)C(C)CN1. The van der Waals surface area contributed by atoms with Gasteiger partial charge in [-0.25, -0.2) is 0 Å². The van der Waals surface area contributed by atoms with Crippen molar-refractivity contribution < 1.29 is 9.47 Å². The fourth-order valence-electron chi connectivity index (χ4n) is 3.29. The maximum absolute atomic E-state index is 5.73. The van der Waals surface area contributed by atoms with Crippen LogP contribution in [0.3, 0.4) is 0 Å². The van der Waals surface area contributed by atoms with E-state index in [-0.39, 0.29) is 5.54 Å². The van der Waals surface area contributed by atoms with Crippen molar-refractivity contribution in [3.8, 4) is 11.5 Å². The molecule has 1 saturated heterocycles. The van der Waals surface area contributed by atoms with Crippen LogP contribution in [-0.2, 0) is 0 Å². The van der Waals surface area contributed by atoms with Crippen molar-refractivity contribution in [2.45, 2.75) is 45.2 Å². The van der Waals surface area contributed by atoms with Crippen molar-refractivity contribution in [3.05, 3.63) is 18.2 Å². The first-order valence-electron chi connectivity index (χ1n) is 8.09. The molecule has 3 rings (SSSR count). The van der Waals surface area contributed by atoms with Crippen LogP contribution in [0, 0.1) is 0 Å². The van der Waals surface area contributed by atoms with Crippen molar-refractivity contribution >= 4 is 5.69 Å². The van der Waals surface area contributed by atoms with Gasteiger partial charge in [0.05, 0.1) is 0 Å². The number of ether oxygens (including phenoxy) is 2. The van der Waals surface area contributed by atoms with Gasteiger partial charge in [-0.1, -0.05) is 13.8 Å². The Hall–Kier alpha value is -1.42. The minimum Gasteiger partial charge on any atom is -0.486 e. The molecular weight excluding hydrogens is 264 g/mol. The van der Waals surface area contributed by atoms with Crippen LogP contribution in [0.2, 0.25) is 0 Å². The van der Waals surface area contributed by atoms with Crippen molar-refractivity contribution in [1.82, 2.24) is 5.32 Å². The molecule has 0 spiro atoms. The van der Waals surface area contributed by atoms with E-state index in [1.165, 1.54) is 5.69 Å². The molecule has 1 N–H and O–H groups in total. The van der Waals surface area contributed by atoms with Gasteiger partial charge in [0.1, 0.15) is 13.2 Å². The second kappa shape index (κ2) is 5.76. The molecule has 1 aromatic carbocycles. The maximum atomic E-state index is 5.73. The van der Waals surface area contributed by atoms with Crippen LogP contribution < -0.4 is 19.7 Å². The average molecular weight is 290 g/mol. The third-order valence-electron chi connectivity index (χ3n) is 4.99. The molecule has 2 aliphatic heterocycles. The molecule has 4 nitrogen and oxygen atoms in total. The molecule has 2 aliphatic rings. The van der Waals surface area contributed by atoms with E-state index in [1.807, 2.05) is 6.07 Å². The number of nitrogens with one attached hydrogen (secondary N) is 1. The van der Waals surface area contributed by atoms with Gasteiger partial charge in [-0.2, -0.15) is 0 Å². The molecule has 0 radical (unpaired) electrons. The normalized spacial score (nSPS) is 24.0. The van der Waals surface area contributed by atoms with Crippen LogP contribution in [0.25, 0.3) is 0 Å². The van der Waals surface area contributed by atoms with E-state index in [9.17, 15) is 0 Å². The molecule has 21 heavy (non-hydrogen) atoms. The molecule has 1 unspecified atom stereocenters. The van der Waals surface area contributed by atoms with Crippen molar-refractivity contribution in [3.63, 3.8) is 0 Å². The smallest absolute Gasteiger partial charge is 0.163 e. The molecular formula is C17H26N2O2. The Morgan fingerprint density at radius 1 is 1.19 bits per heavy atom. The number of fused-ring (bicyclic) bond motifs is 1. The van der Waals surface area contributed by atoms with Gasteiger partial charge in [0.2, 0.25) is 0 Å². The highest BCUT2D eigenvalue weighted by Gasteiger charge is 2.35. The fourth-order valence-corrected chi connectivity index (χ4v) is 3.29.